The Balaban J connectivity index is 1.69. The molecule has 0 amide bonds. The highest BCUT2D eigenvalue weighted by Crippen LogP contribution is 2.66. The molecule has 9 atom stereocenters. The highest BCUT2D eigenvalue weighted by molar-refractivity contribution is 5.26. The van der Waals surface area contributed by atoms with E-state index in [9.17, 15) is 10.2 Å². The van der Waals surface area contributed by atoms with E-state index in [-0.39, 0.29) is 29.1 Å². The maximum absolute atomic E-state index is 11.3. The van der Waals surface area contributed by atoms with Crippen molar-refractivity contribution in [3.63, 3.8) is 0 Å². The minimum absolute atomic E-state index is 0.0619. The largest absolute Gasteiger partial charge is 0.393 e. The second-order valence-corrected chi connectivity index (χ2v) is 9.91. The number of rotatable bonds is 2. The third kappa shape index (κ3) is 2.39. The Morgan fingerprint density at radius 1 is 1.24 bits per heavy atom. The molecule has 0 spiro atoms. The Labute approximate surface area is 151 Å². The van der Waals surface area contributed by atoms with Gasteiger partial charge in [-0.3, -0.25) is 0 Å². The van der Waals surface area contributed by atoms with Crippen molar-refractivity contribution in [3.8, 4) is 0 Å². The van der Waals surface area contributed by atoms with Gasteiger partial charge in [-0.15, -0.1) is 0 Å². The molecule has 140 valence electrons. The molecule has 0 radical (unpaired) electrons. The normalized spacial score (nSPS) is 53.2. The number of nitrogens with zero attached hydrogens (tertiary/aromatic N) is 1. The van der Waals surface area contributed by atoms with Gasteiger partial charge >= 0.3 is 0 Å². The third-order valence-electron chi connectivity index (χ3n) is 8.87. The van der Waals surface area contributed by atoms with E-state index < -0.39 is 0 Å². The summed E-state index contributed by atoms with van der Waals surface area (Å²) in [6.45, 7) is 6.79. The Kier molecular flexibility index (Phi) is 4.16. The molecule has 4 nitrogen and oxygen atoms in total. The average Bonchev–Trinajstić information content (AvgIpc) is 2.91. The van der Waals surface area contributed by atoms with Crippen molar-refractivity contribution in [2.45, 2.75) is 84.0 Å². The van der Waals surface area contributed by atoms with Crippen molar-refractivity contribution in [1.29, 1.82) is 5.53 Å². The smallest absolute Gasteiger partial charge is 0.0711 e. The maximum atomic E-state index is 11.3. The predicted octanol–water partition coefficient (Wildman–Crippen LogP) is 4.32. The van der Waals surface area contributed by atoms with Gasteiger partial charge in [-0.25, -0.2) is 5.53 Å². The van der Waals surface area contributed by atoms with Crippen molar-refractivity contribution < 1.29 is 10.2 Å². The van der Waals surface area contributed by atoms with Crippen LogP contribution < -0.4 is 0 Å². The molecule has 0 bridgehead atoms. The number of hydrogen-bond acceptors (Lipinski definition) is 4. The molecular formula is C21H34N2O2. The summed E-state index contributed by atoms with van der Waals surface area (Å²) in [4.78, 5) is 0. The quantitative estimate of drug-likeness (QED) is 0.514. The molecule has 25 heavy (non-hydrogen) atoms. The zero-order chi connectivity index (χ0) is 18.0. The first-order valence-electron chi connectivity index (χ1n) is 10.2. The summed E-state index contributed by atoms with van der Waals surface area (Å²) in [5.74, 6) is 1.94. The Morgan fingerprint density at radius 2 is 2.00 bits per heavy atom. The lowest BCUT2D eigenvalue weighted by atomic mass is 9.46. The number of allylic oxidation sites excluding steroid dienone is 1. The van der Waals surface area contributed by atoms with E-state index in [0.717, 1.165) is 38.5 Å². The standard InChI is InChI=1S/C21H34N2O2/c1-12(23-22)16-6-7-17-15-5-4-13-10-14(24)8-9-20(13,2)19(15)18(25)11-21(16,17)3/h4,12,14-19,22,24-25H,5-11H2,1-3H3/t12?,14-,15-,16+,17-,18-,19+,20-,21+/m0/s1. The fourth-order valence-corrected chi connectivity index (χ4v) is 7.69. The van der Waals surface area contributed by atoms with Gasteiger partial charge in [0.2, 0.25) is 0 Å². The van der Waals surface area contributed by atoms with Crippen LogP contribution in [0.1, 0.15) is 65.7 Å². The van der Waals surface area contributed by atoms with E-state index in [2.05, 4.69) is 32.0 Å². The zero-order valence-electron chi connectivity index (χ0n) is 15.9. The van der Waals surface area contributed by atoms with Crippen molar-refractivity contribution in [2.24, 2.45) is 39.6 Å². The molecule has 4 heteroatoms. The van der Waals surface area contributed by atoms with Crippen LogP contribution in [0.5, 0.6) is 0 Å². The lowest BCUT2D eigenvalue weighted by Gasteiger charge is -2.59. The number of hydrogen-bond donors (Lipinski definition) is 3. The van der Waals surface area contributed by atoms with Gasteiger partial charge in [0.05, 0.1) is 18.2 Å². The van der Waals surface area contributed by atoms with Gasteiger partial charge in [-0.1, -0.05) is 25.5 Å². The molecule has 3 saturated carbocycles. The van der Waals surface area contributed by atoms with Crippen LogP contribution in [0.2, 0.25) is 0 Å². The highest BCUT2D eigenvalue weighted by atomic mass is 16.3. The molecule has 0 saturated heterocycles. The summed E-state index contributed by atoms with van der Waals surface area (Å²) in [5.41, 5.74) is 9.07. The zero-order valence-corrected chi connectivity index (χ0v) is 15.9. The topological polar surface area (TPSA) is 76.7 Å². The molecule has 1 unspecified atom stereocenters. The molecule has 0 aliphatic heterocycles. The van der Waals surface area contributed by atoms with E-state index in [0.29, 0.717) is 23.7 Å². The number of nitrogens with one attached hydrogen (secondary N) is 1. The fraction of sp³-hybridized carbons (Fsp3) is 0.905. The van der Waals surface area contributed by atoms with Gasteiger partial charge in [0.1, 0.15) is 0 Å². The van der Waals surface area contributed by atoms with Gasteiger partial charge in [0.25, 0.3) is 0 Å². The minimum atomic E-state index is -0.270. The number of aliphatic hydroxyl groups is 2. The van der Waals surface area contributed by atoms with Crippen molar-refractivity contribution in [3.05, 3.63) is 11.6 Å². The van der Waals surface area contributed by atoms with Crippen LogP contribution in [0.4, 0.5) is 0 Å². The summed E-state index contributed by atoms with van der Waals surface area (Å²) < 4.78 is 0. The predicted molar refractivity (Wildman–Crippen MR) is 97.2 cm³/mol. The molecule has 0 aromatic rings. The summed E-state index contributed by atoms with van der Waals surface area (Å²) in [7, 11) is 0. The first kappa shape index (κ1) is 17.7. The fourth-order valence-electron chi connectivity index (χ4n) is 7.69. The molecule has 0 heterocycles. The monoisotopic (exact) mass is 346 g/mol. The molecule has 3 fully saturated rings. The van der Waals surface area contributed by atoms with Crippen LogP contribution in [0.25, 0.3) is 0 Å². The van der Waals surface area contributed by atoms with Gasteiger partial charge in [0.15, 0.2) is 0 Å². The first-order chi connectivity index (χ1) is 11.8. The molecule has 4 aliphatic carbocycles. The second kappa shape index (κ2) is 5.88. The molecule has 0 aromatic carbocycles. The van der Waals surface area contributed by atoms with Crippen LogP contribution in [0.3, 0.4) is 0 Å². The van der Waals surface area contributed by atoms with Crippen LogP contribution in [0.15, 0.2) is 16.8 Å². The van der Waals surface area contributed by atoms with Gasteiger partial charge in [-0.05, 0) is 86.4 Å². The Bertz CT molecular complexity index is 590. The van der Waals surface area contributed by atoms with Crippen molar-refractivity contribution >= 4 is 0 Å². The minimum Gasteiger partial charge on any atom is -0.393 e. The maximum Gasteiger partial charge on any atom is 0.0711 e. The highest BCUT2D eigenvalue weighted by Gasteiger charge is 2.62. The van der Waals surface area contributed by atoms with E-state index in [4.69, 9.17) is 5.53 Å². The Morgan fingerprint density at radius 3 is 2.72 bits per heavy atom. The number of fused-ring (bicyclic) bond motifs is 5. The number of aliphatic hydroxyl groups excluding tert-OH is 2. The molecular weight excluding hydrogens is 312 g/mol. The lowest BCUT2D eigenvalue weighted by molar-refractivity contribution is -0.126. The Hall–Kier alpha value is -0.740. The van der Waals surface area contributed by atoms with Crippen LogP contribution in [-0.2, 0) is 0 Å². The lowest BCUT2D eigenvalue weighted by Crippen LogP contribution is -2.56. The summed E-state index contributed by atoms with van der Waals surface area (Å²) in [5, 5.41) is 25.3. The third-order valence-corrected chi connectivity index (χ3v) is 8.87. The molecule has 4 rings (SSSR count). The van der Waals surface area contributed by atoms with E-state index in [1.807, 2.05) is 0 Å². The summed E-state index contributed by atoms with van der Waals surface area (Å²) in [6.07, 6.45) is 8.88. The van der Waals surface area contributed by atoms with Gasteiger partial charge in [-0.2, -0.15) is 5.11 Å². The van der Waals surface area contributed by atoms with Gasteiger partial charge in [0, 0.05) is 0 Å². The van der Waals surface area contributed by atoms with Gasteiger partial charge < -0.3 is 10.2 Å². The average molecular weight is 347 g/mol. The molecule has 0 aromatic heterocycles. The van der Waals surface area contributed by atoms with Crippen LogP contribution in [-0.4, -0.2) is 28.5 Å². The summed E-state index contributed by atoms with van der Waals surface area (Å²) >= 11 is 0. The van der Waals surface area contributed by atoms with Crippen LogP contribution in [0, 0.1) is 40.0 Å². The van der Waals surface area contributed by atoms with E-state index >= 15 is 0 Å². The summed E-state index contributed by atoms with van der Waals surface area (Å²) in [6, 6.07) is 0.0638. The second-order valence-electron chi connectivity index (χ2n) is 9.91. The van der Waals surface area contributed by atoms with E-state index in [1.54, 1.807) is 0 Å². The van der Waals surface area contributed by atoms with E-state index in [1.165, 1.54) is 12.0 Å². The molecule has 3 N–H and O–H groups in total. The molecule has 4 aliphatic rings. The van der Waals surface area contributed by atoms with Crippen molar-refractivity contribution in [2.75, 3.05) is 0 Å². The van der Waals surface area contributed by atoms with Crippen LogP contribution >= 0.6 is 0 Å². The van der Waals surface area contributed by atoms with Crippen molar-refractivity contribution in [1.82, 2.24) is 0 Å². The first-order valence-corrected chi connectivity index (χ1v) is 10.2. The SMILES string of the molecule is CC(N=N)[C@H]1CC[C@H]2[C@@H]3CC=C4C[C@@H](O)CC[C@]4(C)[C@H]3[C@@H](O)C[C@]12C.